The van der Waals surface area contributed by atoms with Crippen LogP contribution in [0.15, 0.2) is 0 Å². The molecule has 0 amide bonds. The number of alkyl halides is 1. The standard InChI is InChI=1S/C12H19FO2/c1-9(14)15-11-6-4-5-10(11)12(13)7-2-3-8-12/h10-11H,2-8H2,1H3/t10-,11?/m0/s1. The number of ether oxygens (including phenoxy) is 1. The SMILES string of the molecule is CC(=O)OC1CCC[C@@H]1C1(F)CCCC1. The van der Waals surface area contributed by atoms with Crippen LogP contribution in [0.5, 0.6) is 0 Å². The molecule has 3 heteroatoms. The van der Waals surface area contributed by atoms with Crippen molar-refractivity contribution in [2.24, 2.45) is 5.92 Å². The molecule has 1 unspecified atom stereocenters. The van der Waals surface area contributed by atoms with Crippen LogP contribution in [-0.2, 0) is 9.53 Å². The molecule has 0 radical (unpaired) electrons. The van der Waals surface area contributed by atoms with Crippen LogP contribution in [0.1, 0.15) is 51.9 Å². The average Bonchev–Trinajstić information content (AvgIpc) is 2.73. The molecular formula is C12H19FO2. The Morgan fingerprint density at radius 3 is 2.53 bits per heavy atom. The second kappa shape index (κ2) is 4.11. The highest BCUT2D eigenvalue weighted by Gasteiger charge is 2.48. The fourth-order valence-corrected chi connectivity index (χ4v) is 3.21. The van der Waals surface area contributed by atoms with E-state index in [1.807, 2.05) is 0 Å². The molecule has 2 nitrogen and oxygen atoms in total. The van der Waals surface area contributed by atoms with Gasteiger partial charge in [0.15, 0.2) is 0 Å². The smallest absolute Gasteiger partial charge is 0.302 e. The van der Waals surface area contributed by atoms with Crippen molar-refractivity contribution in [2.75, 3.05) is 0 Å². The Bertz CT molecular complexity index is 246. The summed E-state index contributed by atoms with van der Waals surface area (Å²) in [7, 11) is 0. The maximum atomic E-state index is 14.5. The molecule has 0 aromatic heterocycles. The topological polar surface area (TPSA) is 26.3 Å². The largest absolute Gasteiger partial charge is 0.462 e. The van der Waals surface area contributed by atoms with Crippen LogP contribution >= 0.6 is 0 Å². The molecule has 0 aromatic carbocycles. The molecule has 0 saturated heterocycles. The van der Waals surface area contributed by atoms with Crippen LogP contribution in [0.3, 0.4) is 0 Å². The van der Waals surface area contributed by atoms with E-state index in [1.165, 1.54) is 6.92 Å². The third kappa shape index (κ3) is 2.16. The first-order chi connectivity index (χ1) is 7.12. The first kappa shape index (κ1) is 10.9. The minimum absolute atomic E-state index is 0.0381. The Kier molecular flexibility index (Phi) is 2.98. The molecule has 15 heavy (non-hydrogen) atoms. The van der Waals surface area contributed by atoms with Gasteiger partial charge >= 0.3 is 5.97 Å². The van der Waals surface area contributed by atoms with Crippen LogP contribution in [-0.4, -0.2) is 17.7 Å². The highest BCUT2D eigenvalue weighted by atomic mass is 19.1. The Balaban J connectivity index is 2.03. The van der Waals surface area contributed by atoms with E-state index in [4.69, 9.17) is 4.74 Å². The Morgan fingerprint density at radius 1 is 1.27 bits per heavy atom. The van der Waals surface area contributed by atoms with Gasteiger partial charge in [-0.2, -0.15) is 0 Å². The second-order valence-corrected chi connectivity index (χ2v) is 4.93. The summed E-state index contributed by atoms with van der Waals surface area (Å²) < 4.78 is 19.7. The van der Waals surface area contributed by atoms with Crippen molar-refractivity contribution < 1.29 is 13.9 Å². The summed E-state index contributed by atoms with van der Waals surface area (Å²) in [5.41, 5.74) is -1.05. The molecule has 2 rings (SSSR count). The molecule has 0 aromatic rings. The number of halogens is 1. The van der Waals surface area contributed by atoms with Gasteiger partial charge < -0.3 is 4.74 Å². The highest BCUT2D eigenvalue weighted by molar-refractivity contribution is 5.66. The van der Waals surface area contributed by atoms with Crippen LogP contribution in [0.2, 0.25) is 0 Å². The van der Waals surface area contributed by atoms with Crippen molar-refractivity contribution in [2.45, 2.75) is 63.6 Å². The zero-order valence-corrected chi connectivity index (χ0v) is 9.30. The lowest BCUT2D eigenvalue weighted by Crippen LogP contribution is -2.37. The molecule has 2 atom stereocenters. The van der Waals surface area contributed by atoms with Gasteiger partial charge in [0.25, 0.3) is 0 Å². The lowest BCUT2D eigenvalue weighted by molar-refractivity contribution is -0.150. The maximum Gasteiger partial charge on any atom is 0.302 e. The lowest BCUT2D eigenvalue weighted by atomic mass is 9.85. The van der Waals surface area contributed by atoms with Crippen molar-refractivity contribution in [1.29, 1.82) is 0 Å². The Hall–Kier alpha value is -0.600. The lowest BCUT2D eigenvalue weighted by Gasteiger charge is -2.31. The average molecular weight is 214 g/mol. The number of esters is 1. The van der Waals surface area contributed by atoms with Crippen LogP contribution in [0, 0.1) is 5.92 Å². The van der Waals surface area contributed by atoms with E-state index in [9.17, 15) is 9.18 Å². The van der Waals surface area contributed by atoms with Crippen LogP contribution in [0.25, 0.3) is 0 Å². The molecule has 0 bridgehead atoms. The first-order valence-corrected chi connectivity index (χ1v) is 5.98. The molecule has 0 aliphatic heterocycles. The van der Waals surface area contributed by atoms with Gasteiger partial charge in [-0.05, 0) is 32.1 Å². The Labute approximate surface area is 90.2 Å². The van der Waals surface area contributed by atoms with E-state index in [2.05, 4.69) is 0 Å². The predicted molar refractivity (Wildman–Crippen MR) is 55.2 cm³/mol. The van der Waals surface area contributed by atoms with Crippen molar-refractivity contribution in [3.63, 3.8) is 0 Å². The van der Waals surface area contributed by atoms with Gasteiger partial charge in [0.2, 0.25) is 0 Å². The van der Waals surface area contributed by atoms with Crippen LogP contribution < -0.4 is 0 Å². The normalized spacial score (nSPS) is 34.3. The summed E-state index contributed by atoms with van der Waals surface area (Å²) in [6.07, 6.45) is 5.86. The van der Waals surface area contributed by atoms with Crippen molar-refractivity contribution >= 4 is 5.97 Å². The number of rotatable bonds is 2. The molecular weight excluding hydrogens is 195 g/mol. The molecule has 86 valence electrons. The first-order valence-electron chi connectivity index (χ1n) is 5.98. The third-order valence-electron chi connectivity index (χ3n) is 3.87. The quantitative estimate of drug-likeness (QED) is 0.660. The number of carbonyl (C=O) groups excluding carboxylic acids is 1. The summed E-state index contributed by atoms with van der Waals surface area (Å²) in [5.74, 6) is -0.308. The van der Waals surface area contributed by atoms with Crippen molar-refractivity contribution in [1.82, 2.24) is 0 Å². The Morgan fingerprint density at radius 2 is 1.93 bits per heavy atom. The molecule has 2 saturated carbocycles. The van der Waals surface area contributed by atoms with Gasteiger partial charge in [0, 0.05) is 12.8 Å². The predicted octanol–water partition coefficient (Wildman–Crippen LogP) is 3.00. The number of hydrogen-bond donors (Lipinski definition) is 0. The monoisotopic (exact) mass is 214 g/mol. The fourth-order valence-electron chi connectivity index (χ4n) is 3.21. The third-order valence-corrected chi connectivity index (χ3v) is 3.87. The van der Waals surface area contributed by atoms with E-state index < -0.39 is 5.67 Å². The van der Waals surface area contributed by atoms with E-state index >= 15 is 0 Å². The van der Waals surface area contributed by atoms with Crippen molar-refractivity contribution in [3.05, 3.63) is 0 Å². The summed E-state index contributed by atoms with van der Waals surface area (Å²) in [5, 5.41) is 0. The summed E-state index contributed by atoms with van der Waals surface area (Å²) in [4.78, 5) is 10.9. The minimum atomic E-state index is -1.05. The highest BCUT2D eigenvalue weighted by Crippen LogP contribution is 2.47. The second-order valence-electron chi connectivity index (χ2n) is 4.93. The number of carbonyl (C=O) groups is 1. The van der Waals surface area contributed by atoms with Gasteiger partial charge in [0.1, 0.15) is 11.8 Å². The summed E-state index contributed by atoms with van der Waals surface area (Å²) in [6.45, 7) is 1.41. The van der Waals surface area contributed by atoms with E-state index in [0.29, 0.717) is 12.8 Å². The van der Waals surface area contributed by atoms with Gasteiger partial charge in [-0.15, -0.1) is 0 Å². The molecule has 0 spiro atoms. The molecule has 2 fully saturated rings. The molecule has 0 N–H and O–H groups in total. The zero-order valence-electron chi connectivity index (χ0n) is 9.30. The maximum absolute atomic E-state index is 14.5. The van der Waals surface area contributed by atoms with Gasteiger partial charge in [-0.1, -0.05) is 12.8 Å². The van der Waals surface area contributed by atoms with Crippen LogP contribution in [0.4, 0.5) is 4.39 Å². The van der Waals surface area contributed by atoms with Crippen molar-refractivity contribution in [3.8, 4) is 0 Å². The molecule has 2 aliphatic carbocycles. The fraction of sp³-hybridized carbons (Fsp3) is 0.917. The number of hydrogen-bond acceptors (Lipinski definition) is 2. The van der Waals surface area contributed by atoms with Gasteiger partial charge in [-0.25, -0.2) is 4.39 Å². The van der Waals surface area contributed by atoms with E-state index in [1.54, 1.807) is 0 Å². The minimum Gasteiger partial charge on any atom is -0.462 e. The van der Waals surface area contributed by atoms with E-state index in [-0.39, 0.29) is 18.0 Å². The molecule has 2 aliphatic rings. The molecule has 0 heterocycles. The van der Waals surface area contributed by atoms with Gasteiger partial charge in [-0.3, -0.25) is 4.79 Å². The van der Waals surface area contributed by atoms with E-state index in [0.717, 1.165) is 32.1 Å². The summed E-state index contributed by atoms with van der Waals surface area (Å²) >= 11 is 0. The summed E-state index contributed by atoms with van der Waals surface area (Å²) in [6, 6.07) is 0. The van der Waals surface area contributed by atoms with Gasteiger partial charge in [0.05, 0.1) is 0 Å². The zero-order chi connectivity index (χ0) is 10.9.